The van der Waals surface area contributed by atoms with Crippen molar-refractivity contribution in [2.24, 2.45) is 0 Å². The zero-order chi connectivity index (χ0) is 20.3. The predicted octanol–water partition coefficient (Wildman–Crippen LogP) is 3.05. The molecule has 154 valence electrons. The van der Waals surface area contributed by atoms with Crippen molar-refractivity contribution < 1.29 is 4.74 Å². The number of morpholine rings is 1. The maximum absolute atomic E-state index is 6.17. The van der Waals surface area contributed by atoms with E-state index in [1.807, 2.05) is 18.3 Å². The average molecular weight is 403 g/mol. The van der Waals surface area contributed by atoms with Gasteiger partial charge in [-0.3, -0.25) is 4.98 Å². The van der Waals surface area contributed by atoms with Crippen molar-refractivity contribution in [1.29, 1.82) is 0 Å². The third-order valence-corrected chi connectivity index (χ3v) is 5.85. The number of nitrogens with two attached hydrogens (primary N) is 1. The van der Waals surface area contributed by atoms with Crippen molar-refractivity contribution >= 4 is 11.5 Å². The lowest BCUT2D eigenvalue weighted by Crippen LogP contribution is -2.37. The van der Waals surface area contributed by atoms with Crippen LogP contribution in [0.15, 0.2) is 48.9 Å². The molecule has 3 aromatic heterocycles. The number of rotatable bonds is 4. The first kappa shape index (κ1) is 19.0. The molecule has 2 aliphatic heterocycles. The molecule has 2 fully saturated rings. The van der Waals surface area contributed by atoms with Gasteiger partial charge in [0.05, 0.1) is 36.3 Å². The highest BCUT2D eigenvalue weighted by molar-refractivity contribution is 5.78. The van der Waals surface area contributed by atoms with Gasteiger partial charge in [-0.05, 0) is 55.3 Å². The number of pyridine rings is 3. The van der Waals surface area contributed by atoms with E-state index in [-0.39, 0.29) is 6.04 Å². The molecule has 7 nitrogen and oxygen atoms in total. The second-order valence-electron chi connectivity index (χ2n) is 7.74. The van der Waals surface area contributed by atoms with Gasteiger partial charge in [-0.15, -0.1) is 0 Å². The lowest BCUT2D eigenvalue weighted by molar-refractivity contribution is 0.122. The fourth-order valence-electron chi connectivity index (χ4n) is 4.25. The van der Waals surface area contributed by atoms with Crippen LogP contribution in [0.1, 0.15) is 24.6 Å². The summed E-state index contributed by atoms with van der Waals surface area (Å²) in [7, 11) is 0. The zero-order valence-electron chi connectivity index (χ0n) is 16.9. The Hall–Kier alpha value is -3.03. The molecule has 0 aliphatic carbocycles. The van der Waals surface area contributed by atoms with Crippen LogP contribution in [0.2, 0.25) is 0 Å². The van der Waals surface area contributed by atoms with Crippen LogP contribution in [-0.2, 0) is 4.74 Å². The van der Waals surface area contributed by atoms with Crippen LogP contribution in [0.3, 0.4) is 0 Å². The first-order chi connectivity index (χ1) is 14.8. The zero-order valence-corrected chi connectivity index (χ0v) is 16.9. The van der Waals surface area contributed by atoms with Gasteiger partial charge in [-0.1, -0.05) is 0 Å². The lowest BCUT2D eigenvalue weighted by Gasteiger charge is -2.31. The molecular formula is C23H26N6O. The van der Waals surface area contributed by atoms with Crippen molar-refractivity contribution in [2.45, 2.75) is 18.9 Å². The largest absolute Gasteiger partial charge is 0.383 e. The monoisotopic (exact) mass is 402 g/mol. The topological polar surface area (TPSA) is 89.2 Å². The highest BCUT2D eigenvalue weighted by Crippen LogP contribution is 2.34. The Kier molecular flexibility index (Phi) is 5.29. The Labute approximate surface area is 176 Å². The molecule has 2 aliphatic rings. The van der Waals surface area contributed by atoms with Crippen LogP contribution in [-0.4, -0.2) is 47.8 Å². The maximum Gasteiger partial charge on any atom is 0.131 e. The predicted molar refractivity (Wildman–Crippen MR) is 118 cm³/mol. The standard InChI is InChI=1S/C23H26N6O/c24-23-18(16-5-8-25-9-6-16)14-17(15-27-23)19-3-4-21(29-10-12-30-13-11-29)22(28-19)20-2-1-7-26-20/h3-6,8-9,14-15,20,26H,1-2,7,10-13H2,(H2,24,27). The highest BCUT2D eigenvalue weighted by Gasteiger charge is 2.25. The summed E-state index contributed by atoms with van der Waals surface area (Å²) in [5.74, 6) is 0.507. The number of hydrogen-bond acceptors (Lipinski definition) is 7. The minimum atomic E-state index is 0.282. The normalized spacial score (nSPS) is 19.2. The van der Waals surface area contributed by atoms with Gasteiger partial charge in [0.15, 0.2) is 0 Å². The number of nitrogen functional groups attached to an aromatic ring is 1. The Bertz CT molecular complexity index is 1010. The molecule has 5 heterocycles. The Morgan fingerprint density at radius 2 is 1.90 bits per heavy atom. The molecule has 2 saturated heterocycles. The van der Waals surface area contributed by atoms with E-state index in [0.717, 1.165) is 67.3 Å². The first-order valence-corrected chi connectivity index (χ1v) is 10.5. The Balaban J connectivity index is 1.55. The summed E-state index contributed by atoms with van der Waals surface area (Å²) in [5.41, 5.74) is 12.3. The van der Waals surface area contributed by atoms with E-state index in [1.54, 1.807) is 12.4 Å². The lowest BCUT2D eigenvalue weighted by atomic mass is 10.0. The minimum Gasteiger partial charge on any atom is -0.383 e. The number of aromatic nitrogens is 3. The summed E-state index contributed by atoms with van der Waals surface area (Å²) < 4.78 is 5.54. The van der Waals surface area contributed by atoms with Crippen LogP contribution < -0.4 is 16.0 Å². The molecule has 30 heavy (non-hydrogen) atoms. The quantitative estimate of drug-likeness (QED) is 0.693. The van der Waals surface area contributed by atoms with Gasteiger partial charge in [0.1, 0.15) is 5.82 Å². The summed E-state index contributed by atoms with van der Waals surface area (Å²) in [6.45, 7) is 4.36. The van der Waals surface area contributed by atoms with Gasteiger partial charge in [-0.2, -0.15) is 0 Å². The van der Waals surface area contributed by atoms with Crippen molar-refractivity contribution in [2.75, 3.05) is 43.5 Å². The Morgan fingerprint density at radius 1 is 1.07 bits per heavy atom. The molecule has 0 radical (unpaired) electrons. The van der Waals surface area contributed by atoms with E-state index in [2.05, 4.69) is 38.4 Å². The summed E-state index contributed by atoms with van der Waals surface area (Å²) in [4.78, 5) is 16.1. The molecule has 0 amide bonds. The molecule has 3 N–H and O–H groups in total. The van der Waals surface area contributed by atoms with Crippen molar-refractivity contribution in [3.05, 3.63) is 54.6 Å². The Morgan fingerprint density at radius 3 is 2.67 bits per heavy atom. The number of hydrogen-bond donors (Lipinski definition) is 2. The fourth-order valence-corrected chi connectivity index (χ4v) is 4.25. The van der Waals surface area contributed by atoms with Gasteiger partial charge >= 0.3 is 0 Å². The first-order valence-electron chi connectivity index (χ1n) is 10.5. The summed E-state index contributed by atoms with van der Waals surface area (Å²) >= 11 is 0. The van der Waals surface area contributed by atoms with Gasteiger partial charge in [0, 0.05) is 42.8 Å². The summed E-state index contributed by atoms with van der Waals surface area (Å²) in [5, 5.41) is 3.61. The molecule has 0 aromatic carbocycles. The minimum absolute atomic E-state index is 0.282. The third-order valence-electron chi connectivity index (χ3n) is 5.85. The van der Waals surface area contributed by atoms with Gasteiger partial charge in [0.2, 0.25) is 0 Å². The van der Waals surface area contributed by atoms with Crippen LogP contribution in [0.25, 0.3) is 22.4 Å². The van der Waals surface area contributed by atoms with Gasteiger partial charge < -0.3 is 20.7 Å². The molecule has 0 saturated carbocycles. The second-order valence-corrected chi connectivity index (χ2v) is 7.74. The van der Waals surface area contributed by atoms with E-state index >= 15 is 0 Å². The van der Waals surface area contributed by atoms with Crippen LogP contribution in [0.4, 0.5) is 11.5 Å². The van der Waals surface area contributed by atoms with Crippen molar-refractivity contribution in [3.8, 4) is 22.4 Å². The average Bonchev–Trinajstić information content (AvgIpc) is 3.35. The molecule has 1 unspecified atom stereocenters. The molecule has 3 aromatic rings. The fraction of sp³-hybridized carbons (Fsp3) is 0.348. The summed E-state index contributed by atoms with van der Waals surface area (Å²) in [6.07, 6.45) is 7.62. The van der Waals surface area contributed by atoms with E-state index in [9.17, 15) is 0 Å². The third kappa shape index (κ3) is 3.74. The number of anilines is 2. The van der Waals surface area contributed by atoms with E-state index in [4.69, 9.17) is 15.5 Å². The van der Waals surface area contributed by atoms with Crippen molar-refractivity contribution in [1.82, 2.24) is 20.3 Å². The SMILES string of the molecule is Nc1ncc(-c2ccc(N3CCOCC3)c(C3CCCN3)n2)cc1-c1ccncc1. The van der Waals surface area contributed by atoms with Gasteiger partial charge in [0.25, 0.3) is 0 Å². The maximum atomic E-state index is 6.17. The van der Waals surface area contributed by atoms with Crippen LogP contribution in [0.5, 0.6) is 0 Å². The molecule has 7 heteroatoms. The van der Waals surface area contributed by atoms with Crippen molar-refractivity contribution in [3.63, 3.8) is 0 Å². The number of ether oxygens (including phenoxy) is 1. The number of nitrogens with zero attached hydrogens (tertiary/aromatic N) is 4. The molecular weight excluding hydrogens is 376 g/mol. The molecule has 0 bridgehead atoms. The van der Waals surface area contributed by atoms with E-state index in [0.29, 0.717) is 5.82 Å². The molecule has 1 atom stereocenters. The second kappa shape index (κ2) is 8.38. The number of nitrogens with one attached hydrogen (secondary N) is 1. The van der Waals surface area contributed by atoms with E-state index in [1.165, 1.54) is 12.1 Å². The highest BCUT2D eigenvalue weighted by atomic mass is 16.5. The molecule has 0 spiro atoms. The summed E-state index contributed by atoms with van der Waals surface area (Å²) in [6, 6.07) is 10.5. The smallest absolute Gasteiger partial charge is 0.131 e. The van der Waals surface area contributed by atoms with E-state index < -0.39 is 0 Å². The van der Waals surface area contributed by atoms with Gasteiger partial charge in [-0.25, -0.2) is 9.97 Å². The van der Waals surface area contributed by atoms with Crippen LogP contribution in [0, 0.1) is 0 Å². The van der Waals surface area contributed by atoms with Crippen LogP contribution >= 0.6 is 0 Å². The molecule has 5 rings (SSSR count).